The first-order chi connectivity index (χ1) is 9.65. The summed E-state index contributed by atoms with van der Waals surface area (Å²) in [5, 5.41) is 12.2. The molecule has 0 spiro atoms. The van der Waals surface area contributed by atoms with Gasteiger partial charge in [0.25, 0.3) is 0 Å². The highest BCUT2D eigenvalue weighted by molar-refractivity contribution is 5.82. The predicted molar refractivity (Wildman–Crippen MR) is 77.8 cm³/mol. The topological polar surface area (TPSA) is 56.1 Å². The molecule has 0 aliphatic carbocycles. The number of benzene rings is 1. The smallest absolute Gasteiger partial charge is 0.240 e. The Kier molecular flexibility index (Phi) is 4.75. The van der Waals surface area contributed by atoms with E-state index in [1.165, 1.54) is 11.1 Å². The second kappa shape index (κ2) is 6.53. The summed E-state index contributed by atoms with van der Waals surface area (Å²) in [4.78, 5) is 14.3. The van der Waals surface area contributed by atoms with Crippen molar-refractivity contribution in [2.24, 2.45) is 5.92 Å². The number of hydrogen-bond donors (Lipinski definition) is 1. The first kappa shape index (κ1) is 14.5. The van der Waals surface area contributed by atoms with Crippen molar-refractivity contribution in [3.8, 4) is 6.07 Å². The van der Waals surface area contributed by atoms with E-state index in [1.807, 2.05) is 26.0 Å². The zero-order valence-electron chi connectivity index (χ0n) is 12.1. The summed E-state index contributed by atoms with van der Waals surface area (Å²) in [6.45, 7) is 5.69. The molecule has 20 heavy (non-hydrogen) atoms. The standard InChI is InChI=1S/C16H21N3O/c1-3-19(11-12(2)9-17)16(20)15-8-13-6-4-5-7-14(13)10-18-15/h4-7,12,15,18H,3,8,10-11H2,1-2H3/t12?,15-/m0/s1. The minimum Gasteiger partial charge on any atom is -0.340 e. The summed E-state index contributed by atoms with van der Waals surface area (Å²) in [6.07, 6.45) is 0.729. The Hall–Kier alpha value is -1.86. The average Bonchev–Trinajstić information content (AvgIpc) is 2.51. The molecular weight excluding hydrogens is 250 g/mol. The monoisotopic (exact) mass is 271 g/mol. The highest BCUT2D eigenvalue weighted by Crippen LogP contribution is 2.17. The van der Waals surface area contributed by atoms with Gasteiger partial charge in [-0.15, -0.1) is 0 Å². The van der Waals surface area contributed by atoms with Gasteiger partial charge in [-0.2, -0.15) is 5.26 Å². The van der Waals surface area contributed by atoms with Crippen LogP contribution in [-0.4, -0.2) is 29.9 Å². The molecule has 0 bridgehead atoms. The van der Waals surface area contributed by atoms with Crippen LogP contribution in [0.1, 0.15) is 25.0 Å². The molecule has 2 atom stereocenters. The van der Waals surface area contributed by atoms with E-state index in [2.05, 4.69) is 23.5 Å². The van der Waals surface area contributed by atoms with E-state index in [9.17, 15) is 4.79 Å². The van der Waals surface area contributed by atoms with Gasteiger partial charge in [0, 0.05) is 19.6 Å². The van der Waals surface area contributed by atoms with Gasteiger partial charge < -0.3 is 10.2 Å². The van der Waals surface area contributed by atoms with Gasteiger partial charge in [0.15, 0.2) is 0 Å². The number of likely N-dealkylation sites (N-methyl/N-ethyl adjacent to an activating group) is 1. The van der Waals surface area contributed by atoms with Crippen LogP contribution in [0.5, 0.6) is 0 Å². The summed E-state index contributed by atoms with van der Waals surface area (Å²) in [7, 11) is 0. The van der Waals surface area contributed by atoms with Crippen LogP contribution in [-0.2, 0) is 17.8 Å². The van der Waals surface area contributed by atoms with Crippen LogP contribution >= 0.6 is 0 Å². The molecular formula is C16H21N3O. The van der Waals surface area contributed by atoms with E-state index in [0.717, 1.165) is 13.0 Å². The minimum absolute atomic E-state index is 0.101. The summed E-state index contributed by atoms with van der Waals surface area (Å²) in [5.41, 5.74) is 2.51. The second-order valence-corrected chi connectivity index (χ2v) is 5.31. The van der Waals surface area contributed by atoms with Crippen LogP contribution in [0, 0.1) is 17.2 Å². The zero-order valence-corrected chi connectivity index (χ0v) is 12.1. The fourth-order valence-corrected chi connectivity index (χ4v) is 2.60. The third-order valence-corrected chi connectivity index (χ3v) is 3.79. The number of nitriles is 1. The molecule has 0 saturated heterocycles. The van der Waals surface area contributed by atoms with E-state index < -0.39 is 0 Å². The Bertz CT molecular complexity index is 521. The van der Waals surface area contributed by atoms with Crippen LogP contribution in [0.3, 0.4) is 0 Å². The van der Waals surface area contributed by atoms with Crippen molar-refractivity contribution >= 4 is 5.91 Å². The van der Waals surface area contributed by atoms with Gasteiger partial charge in [0.05, 0.1) is 18.0 Å². The summed E-state index contributed by atoms with van der Waals surface area (Å²) in [6, 6.07) is 10.2. The van der Waals surface area contributed by atoms with Crippen molar-refractivity contribution < 1.29 is 4.79 Å². The first-order valence-electron chi connectivity index (χ1n) is 7.14. The summed E-state index contributed by atoms with van der Waals surface area (Å²) < 4.78 is 0. The maximum Gasteiger partial charge on any atom is 0.240 e. The number of nitrogens with zero attached hydrogens (tertiary/aromatic N) is 2. The lowest BCUT2D eigenvalue weighted by Crippen LogP contribution is -2.50. The Morgan fingerprint density at radius 1 is 1.50 bits per heavy atom. The predicted octanol–water partition coefficient (Wildman–Crippen LogP) is 1.71. The fourth-order valence-electron chi connectivity index (χ4n) is 2.60. The second-order valence-electron chi connectivity index (χ2n) is 5.31. The van der Waals surface area contributed by atoms with E-state index in [0.29, 0.717) is 13.1 Å². The van der Waals surface area contributed by atoms with Gasteiger partial charge in [-0.1, -0.05) is 24.3 Å². The number of amides is 1. The molecule has 0 saturated carbocycles. The van der Waals surface area contributed by atoms with Gasteiger partial charge in [0.2, 0.25) is 5.91 Å². The molecule has 1 unspecified atom stereocenters. The molecule has 1 amide bonds. The zero-order chi connectivity index (χ0) is 14.5. The maximum absolute atomic E-state index is 12.5. The van der Waals surface area contributed by atoms with E-state index in [4.69, 9.17) is 5.26 Å². The third-order valence-electron chi connectivity index (χ3n) is 3.79. The SMILES string of the molecule is CCN(CC(C)C#N)C(=O)[C@@H]1Cc2ccccc2CN1. The molecule has 2 rings (SSSR count). The number of carbonyl (C=O) groups is 1. The molecule has 1 heterocycles. The lowest BCUT2D eigenvalue weighted by Gasteiger charge is -2.31. The van der Waals surface area contributed by atoms with Crippen LogP contribution in [0.15, 0.2) is 24.3 Å². The molecule has 4 nitrogen and oxygen atoms in total. The lowest BCUT2D eigenvalue weighted by molar-refractivity contribution is -0.133. The van der Waals surface area contributed by atoms with Gasteiger partial charge in [0.1, 0.15) is 0 Å². The quantitative estimate of drug-likeness (QED) is 0.907. The number of hydrogen-bond acceptors (Lipinski definition) is 3. The van der Waals surface area contributed by atoms with E-state index in [1.54, 1.807) is 4.90 Å². The van der Waals surface area contributed by atoms with Gasteiger partial charge in [-0.3, -0.25) is 4.79 Å². The van der Waals surface area contributed by atoms with E-state index >= 15 is 0 Å². The highest BCUT2D eigenvalue weighted by atomic mass is 16.2. The van der Waals surface area contributed by atoms with Crippen molar-refractivity contribution in [1.82, 2.24) is 10.2 Å². The number of fused-ring (bicyclic) bond motifs is 1. The van der Waals surface area contributed by atoms with Crippen molar-refractivity contribution in [3.05, 3.63) is 35.4 Å². The Labute approximate surface area is 120 Å². The van der Waals surface area contributed by atoms with Crippen LogP contribution < -0.4 is 5.32 Å². The molecule has 1 aromatic carbocycles. The number of nitrogens with one attached hydrogen (secondary N) is 1. The average molecular weight is 271 g/mol. The van der Waals surface area contributed by atoms with Crippen molar-refractivity contribution in [3.63, 3.8) is 0 Å². The molecule has 1 aromatic rings. The van der Waals surface area contributed by atoms with Gasteiger partial charge >= 0.3 is 0 Å². The lowest BCUT2D eigenvalue weighted by atomic mass is 9.95. The van der Waals surface area contributed by atoms with E-state index in [-0.39, 0.29) is 17.9 Å². The number of carbonyl (C=O) groups excluding carboxylic acids is 1. The minimum atomic E-state index is -0.171. The Morgan fingerprint density at radius 3 is 2.85 bits per heavy atom. The van der Waals surface area contributed by atoms with Crippen LogP contribution in [0.2, 0.25) is 0 Å². The van der Waals surface area contributed by atoms with Crippen LogP contribution in [0.25, 0.3) is 0 Å². The van der Waals surface area contributed by atoms with Crippen molar-refractivity contribution in [2.45, 2.75) is 32.9 Å². The first-order valence-corrected chi connectivity index (χ1v) is 7.14. The molecule has 1 aliphatic heterocycles. The normalized spacial score (nSPS) is 18.8. The molecule has 0 aromatic heterocycles. The summed E-state index contributed by atoms with van der Waals surface area (Å²) >= 11 is 0. The van der Waals surface area contributed by atoms with Crippen LogP contribution in [0.4, 0.5) is 0 Å². The summed E-state index contributed by atoms with van der Waals surface area (Å²) in [5.74, 6) is -0.0288. The van der Waals surface area contributed by atoms with Crippen molar-refractivity contribution in [1.29, 1.82) is 5.26 Å². The fraction of sp³-hybridized carbons (Fsp3) is 0.500. The molecule has 106 valence electrons. The molecule has 4 heteroatoms. The largest absolute Gasteiger partial charge is 0.340 e. The highest BCUT2D eigenvalue weighted by Gasteiger charge is 2.27. The maximum atomic E-state index is 12.5. The van der Waals surface area contributed by atoms with Gasteiger partial charge in [-0.05, 0) is 31.4 Å². The van der Waals surface area contributed by atoms with Crippen molar-refractivity contribution in [2.75, 3.05) is 13.1 Å². The Balaban J connectivity index is 2.05. The number of rotatable bonds is 4. The molecule has 0 radical (unpaired) electrons. The Morgan fingerprint density at radius 2 is 2.20 bits per heavy atom. The third kappa shape index (κ3) is 3.17. The van der Waals surface area contributed by atoms with Gasteiger partial charge in [-0.25, -0.2) is 0 Å². The molecule has 1 aliphatic rings. The molecule has 1 N–H and O–H groups in total. The molecule has 0 fully saturated rings.